The van der Waals surface area contributed by atoms with E-state index < -0.39 is 22.8 Å². The van der Waals surface area contributed by atoms with E-state index in [9.17, 15) is 28.4 Å². The molecule has 0 saturated heterocycles. The minimum Gasteiger partial charge on any atom is -0.504 e. The van der Waals surface area contributed by atoms with Crippen molar-refractivity contribution in [3.8, 4) is 11.5 Å². The fourth-order valence-corrected chi connectivity index (χ4v) is 0.996. The first-order valence-corrected chi connectivity index (χ1v) is 4.18. The van der Waals surface area contributed by atoms with Gasteiger partial charge in [-0.05, 0) is 17.7 Å². The number of rotatable bonds is 3. The fraction of sp³-hybridized carbons (Fsp3) is 0.111. The van der Waals surface area contributed by atoms with Gasteiger partial charge in [-0.2, -0.15) is 0 Å². The van der Waals surface area contributed by atoms with Crippen molar-refractivity contribution in [2.45, 2.75) is 6.36 Å². The zero-order valence-electron chi connectivity index (χ0n) is 8.14. The first kappa shape index (κ1) is 12.8. The second-order valence-corrected chi connectivity index (χ2v) is 2.88. The summed E-state index contributed by atoms with van der Waals surface area (Å²) in [4.78, 5) is 9.26. The lowest BCUT2D eigenvalue weighted by Crippen LogP contribution is -2.17. The van der Waals surface area contributed by atoms with Crippen molar-refractivity contribution in [3.63, 3.8) is 0 Å². The molecule has 17 heavy (non-hydrogen) atoms. The zero-order chi connectivity index (χ0) is 13.1. The Morgan fingerprint density at radius 3 is 2.53 bits per heavy atom. The highest BCUT2D eigenvalue weighted by Crippen LogP contribution is 2.32. The van der Waals surface area contributed by atoms with Gasteiger partial charge < -0.3 is 9.84 Å². The van der Waals surface area contributed by atoms with E-state index in [4.69, 9.17) is 0 Å². The van der Waals surface area contributed by atoms with Crippen LogP contribution in [0.5, 0.6) is 11.5 Å². The molecule has 1 aromatic carbocycles. The molecule has 0 heterocycles. The summed E-state index contributed by atoms with van der Waals surface area (Å²) in [6, 6.07) is 2.92. The van der Waals surface area contributed by atoms with Gasteiger partial charge in [0.1, 0.15) is 0 Å². The van der Waals surface area contributed by atoms with Crippen molar-refractivity contribution in [1.29, 1.82) is 0 Å². The number of ether oxygens (including phenoxy) is 1. The molecule has 0 aliphatic carbocycles. The van der Waals surface area contributed by atoms with Crippen molar-refractivity contribution in [1.82, 2.24) is 0 Å². The van der Waals surface area contributed by atoms with Crippen LogP contribution in [0.1, 0.15) is 5.56 Å². The number of nitro groups is 1. The van der Waals surface area contributed by atoms with E-state index in [-0.39, 0.29) is 5.56 Å². The molecule has 0 atom stereocenters. The average Bonchev–Trinajstić information content (AvgIpc) is 2.17. The number of alkyl halides is 3. The highest BCUT2D eigenvalue weighted by molar-refractivity contribution is 5.54. The SMILES string of the molecule is O=[N+]([O-])/C=C/c1ccc(OC(F)(F)F)c(O)c1. The van der Waals surface area contributed by atoms with E-state index >= 15 is 0 Å². The molecule has 1 N–H and O–H groups in total. The summed E-state index contributed by atoms with van der Waals surface area (Å²) in [5.74, 6) is -1.52. The van der Waals surface area contributed by atoms with Crippen molar-refractivity contribution in [2.75, 3.05) is 0 Å². The van der Waals surface area contributed by atoms with Gasteiger partial charge in [0.2, 0.25) is 6.20 Å². The van der Waals surface area contributed by atoms with Crippen LogP contribution in [0, 0.1) is 10.1 Å². The maximum Gasteiger partial charge on any atom is 0.573 e. The van der Waals surface area contributed by atoms with Crippen molar-refractivity contribution < 1.29 is 27.9 Å². The Labute approximate surface area is 92.9 Å². The van der Waals surface area contributed by atoms with Crippen LogP contribution in [-0.4, -0.2) is 16.4 Å². The van der Waals surface area contributed by atoms with Crippen LogP contribution in [0.4, 0.5) is 13.2 Å². The Morgan fingerprint density at radius 1 is 1.41 bits per heavy atom. The maximum absolute atomic E-state index is 11.8. The molecular weight excluding hydrogens is 243 g/mol. The van der Waals surface area contributed by atoms with Gasteiger partial charge in [-0.1, -0.05) is 6.07 Å². The molecule has 0 radical (unpaired) electrons. The summed E-state index contributed by atoms with van der Waals surface area (Å²) in [6.45, 7) is 0. The second-order valence-electron chi connectivity index (χ2n) is 2.88. The number of benzene rings is 1. The summed E-state index contributed by atoms with van der Waals surface area (Å²) in [6.07, 6.45) is -3.29. The first-order valence-electron chi connectivity index (χ1n) is 4.18. The normalized spacial score (nSPS) is 11.7. The summed E-state index contributed by atoms with van der Waals surface area (Å²) >= 11 is 0. The third-order valence-electron chi connectivity index (χ3n) is 1.60. The Kier molecular flexibility index (Phi) is 3.56. The van der Waals surface area contributed by atoms with Gasteiger partial charge >= 0.3 is 6.36 Å². The number of phenols is 1. The van der Waals surface area contributed by atoms with E-state index in [2.05, 4.69) is 4.74 Å². The van der Waals surface area contributed by atoms with Crippen LogP contribution in [0.2, 0.25) is 0 Å². The molecule has 1 rings (SSSR count). The average molecular weight is 249 g/mol. The summed E-state index contributed by atoms with van der Waals surface area (Å²) in [7, 11) is 0. The monoisotopic (exact) mass is 249 g/mol. The Bertz CT molecular complexity index is 456. The smallest absolute Gasteiger partial charge is 0.504 e. The van der Waals surface area contributed by atoms with E-state index in [0.29, 0.717) is 6.20 Å². The van der Waals surface area contributed by atoms with Gasteiger partial charge in [0.05, 0.1) is 4.92 Å². The van der Waals surface area contributed by atoms with E-state index in [1.165, 1.54) is 0 Å². The van der Waals surface area contributed by atoms with Crippen LogP contribution >= 0.6 is 0 Å². The maximum atomic E-state index is 11.8. The fourth-order valence-electron chi connectivity index (χ4n) is 0.996. The Hall–Kier alpha value is -2.25. The number of nitrogens with zero attached hydrogens (tertiary/aromatic N) is 1. The molecule has 92 valence electrons. The highest BCUT2D eigenvalue weighted by atomic mass is 19.4. The molecule has 0 aliphatic heterocycles. The van der Waals surface area contributed by atoms with Crippen molar-refractivity contribution in [2.24, 2.45) is 0 Å². The van der Waals surface area contributed by atoms with Crippen molar-refractivity contribution >= 4 is 6.08 Å². The van der Waals surface area contributed by atoms with Crippen LogP contribution < -0.4 is 4.74 Å². The number of halogens is 3. The van der Waals surface area contributed by atoms with E-state index in [1.807, 2.05) is 0 Å². The van der Waals surface area contributed by atoms with E-state index in [0.717, 1.165) is 24.3 Å². The third-order valence-corrected chi connectivity index (χ3v) is 1.60. The van der Waals surface area contributed by atoms with Gasteiger partial charge in [-0.25, -0.2) is 0 Å². The van der Waals surface area contributed by atoms with Crippen LogP contribution in [0.25, 0.3) is 6.08 Å². The molecule has 0 fully saturated rings. The van der Waals surface area contributed by atoms with Crippen molar-refractivity contribution in [3.05, 3.63) is 40.1 Å². The molecule has 0 aliphatic rings. The lowest BCUT2D eigenvalue weighted by atomic mass is 10.2. The quantitative estimate of drug-likeness (QED) is 0.659. The Balaban J connectivity index is 2.90. The molecular formula is C9H6F3NO4. The van der Waals surface area contributed by atoms with Crippen LogP contribution in [0.15, 0.2) is 24.4 Å². The number of phenolic OH excluding ortho intramolecular Hbond substituents is 1. The molecule has 0 unspecified atom stereocenters. The lowest BCUT2D eigenvalue weighted by molar-refractivity contribution is -0.400. The summed E-state index contributed by atoms with van der Waals surface area (Å²) < 4.78 is 39.0. The van der Waals surface area contributed by atoms with Gasteiger partial charge in [0, 0.05) is 6.08 Å². The molecule has 1 aromatic rings. The Morgan fingerprint density at radius 2 is 2.06 bits per heavy atom. The van der Waals surface area contributed by atoms with Gasteiger partial charge in [0.15, 0.2) is 11.5 Å². The highest BCUT2D eigenvalue weighted by Gasteiger charge is 2.32. The number of hydrogen-bond acceptors (Lipinski definition) is 4. The molecule has 0 bridgehead atoms. The standard InChI is InChI=1S/C9H6F3NO4/c10-9(11,12)17-8-2-1-6(5-7(8)14)3-4-13(15)16/h1-5,14H/b4-3+. The first-order chi connectivity index (χ1) is 7.78. The van der Waals surface area contributed by atoms with Crippen LogP contribution in [0.3, 0.4) is 0 Å². The lowest BCUT2D eigenvalue weighted by Gasteiger charge is -2.10. The molecule has 0 aromatic heterocycles. The predicted molar refractivity (Wildman–Crippen MR) is 50.8 cm³/mol. The third kappa shape index (κ3) is 4.41. The van der Waals surface area contributed by atoms with Gasteiger partial charge in [-0.15, -0.1) is 13.2 Å². The second kappa shape index (κ2) is 4.73. The van der Waals surface area contributed by atoms with Gasteiger partial charge in [-0.3, -0.25) is 10.1 Å². The molecule has 5 nitrogen and oxygen atoms in total. The largest absolute Gasteiger partial charge is 0.573 e. The molecule has 0 amide bonds. The van der Waals surface area contributed by atoms with E-state index in [1.54, 1.807) is 0 Å². The molecule has 0 spiro atoms. The van der Waals surface area contributed by atoms with Crippen LogP contribution in [-0.2, 0) is 0 Å². The topological polar surface area (TPSA) is 72.6 Å². The number of aromatic hydroxyl groups is 1. The molecule has 8 heteroatoms. The molecule has 0 saturated carbocycles. The number of hydrogen-bond donors (Lipinski definition) is 1. The summed E-state index contributed by atoms with van der Waals surface area (Å²) in [5, 5.41) is 19.2. The summed E-state index contributed by atoms with van der Waals surface area (Å²) in [5.41, 5.74) is 0.175. The zero-order valence-corrected chi connectivity index (χ0v) is 8.14. The minimum absolute atomic E-state index is 0.175. The minimum atomic E-state index is -4.91. The predicted octanol–water partition coefficient (Wildman–Crippen LogP) is 2.54. The van der Waals surface area contributed by atoms with Gasteiger partial charge in [0.25, 0.3) is 0 Å².